The van der Waals surface area contributed by atoms with Crippen molar-refractivity contribution in [2.75, 3.05) is 26.0 Å². The lowest BCUT2D eigenvalue weighted by Crippen LogP contribution is -2.27. The molecule has 0 amide bonds. The minimum atomic E-state index is 0.0122. The van der Waals surface area contributed by atoms with Crippen LogP contribution in [0.25, 0.3) is 11.5 Å². The molecular formula is C21H21ClN4O. The second-order valence-corrected chi connectivity index (χ2v) is 6.96. The molecule has 0 radical (unpaired) electrons. The summed E-state index contributed by atoms with van der Waals surface area (Å²) < 4.78 is 5.83. The fourth-order valence-electron chi connectivity index (χ4n) is 2.84. The number of aryl methyl sites for hydroxylation is 1. The van der Waals surface area contributed by atoms with Crippen LogP contribution in [0.5, 0.6) is 0 Å². The van der Waals surface area contributed by atoms with Gasteiger partial charge in [-0.1, -0.05) is 47.5 Å². The third kappa shape index (κ3) is 4.30. The van der Waals surface area contributed by atoms with E-state index < -0.39 is 0 Å². The molecule has 0 aliphatic heterocycles. The number of oxazole rings is 1. The topological polar surface area (TPSA) is 65.1 Å². The van der Waals surface area contributed by atoms with Crippen molar-refractivity contribution in [2.24, 2.45) is 0 Å². The molecular weight excluding hydrogens is 360 g/mol. The summed E-state index contributed by atoms with van der Waals surface area (Å²) in [5.74, 6) is 0.792. The molecule has 0 aliphatic carbocycles. The second-order valence-electron chi connectivity index (χ2n) is 6.56. The molecule has 1 N–H and O–H groups in total. The first-order valence-corrected chi connectivity index (χ1v) is 9.00. The first kappa shape index (κ1) is 19.0. The van der Waals surface area contributed by atoms with Crippen molar-refractivity contribution in [1.82, 2.24) is 9.88 Å². The van der Waals surface area contributed by atoms with Crippen molar-refractivity contribution in [2.45, 2.75) is 13.0 Å². The third-order valence-electron chi connectivity index (χ3n) is 4.38. The van der Waals surface area contributed by atoms with Gasteiger partial charge in [-0.15, -0.1) is 0 Å². The number of halogens is 1. The molecule has 1 atom stereocenters. The number of hydrogen-bond donors (Lipinski definition) is 1. The van der Waals surface area contributed by atoms with E-state index in [0.717, 1.165) is 16.7 Å². The van der Waals surface area contributed by atoms with Crippen molar-refractivity contribution in [3.05, 3.63) is 70.4 Å². The third-order valence-corrected chi connectivity index (χ3v) is 4.72. The number of nitriles is 1. The lowest BCUT2D eigenvalue weighted by atomic mass is 10.1. The van der Waals surface area contributed by atoms with Crippen LogP contribution in [0.15, 0.2) is 52.9 Å². The summed E-state index contributed by atoms with van der Waals surface area (Å²) in [6.45, 7) is 2.54. The Morgan fingerprint density at radius 3 is 2.52 bits per heavy atom. The van der Waals surface area contributed by atoms with E-state index in [1.807, 2.05) is 69.6 Å². The number of hydrogen-bond acceptors (Lipinski definition) is 5. The van der Waals surface area contributed by atoms with Gasteiger partial charge in [0.1, 0.15) is 6.07 Å². The van der Waals surface area contributed by atoms with Crippen molar-refractivity contribution < 1.29 is 4.42 Å². The minimum absolute atomic E-state index is 0.0122. The van der Waals surface area contributed by atoms with E-state index in [1.165, 1.54) is 0 Å². The summed E-state index contributed by atoms with van der Waals surface area (Å²) in [5.41, 5.74) is 3.23. The molecule has 3 rings (SSSR count). The number of likely N-dealkylation sites (N-methyl/N-ethyl adjacent to an activating group) is 1. The zero-order valence-electron chi connectivity index (χ0n) is 15.5. The first-order chi connectivity index (χ1) is 13.0. The van der Waals surface area contributed by atoms with E-state index in [4.69, 9.17) is 16.0 Å². The highest BCUT2D eigenvalue weighted by atomic mass is 35.5. The number of benzene rings is 2. The Kier molecular flexibility index (Phi) is 5.80. The van der Waals surface area contributed by atoms with Crippen LogP contribution in [-0.2, 0) is 0 Å². The summed E-state index contributed by atoms with van der Waals surface area (Å²) >= 11 is 6.36. The zero-order chi connectivity index (χ0) is 19.4. The van der Waals surface area contributed by atoms with Crippen LogP contribution >= 0.6 is 11.6 Å². The van der Waals surface area contributed by atoms with Gasteiger partial charge in [0.25, 0.3) is 0 Å². The predicted molar refractivity (Wildman–Crippen MR) is 108 cm³/mol. The van der Waals surface area contributed by atoms with E-state index in [9.17, 15) is 5.26 Å². The Hall–Kier alpha value is -2.81. The van der Waals surface area contributed by atoms with Gasteiger partial charge >= 0.3 is 0 Å². The highest BCUT2D eigenvalue weighted by Crippen LogP contribution is 2.29. The number of nitrogens with zero attached hydrogens (tertiary/aromatic N) is 3. The van der Waals surface area contributed by atoms with E-state index in [1.54, 1.807) is 0 Å². The summed E-state index contributed by atoms with van der Waals surface area (Å²) in [5, 5.41) is 13.3. The first-order valence-electron chi connectivity index (χ1n) is 8.62. The molecule has 1 heterocycles. The average molecular weight is 381 g/mol. The van der Waals surface area contributed by atoms with Crippen LogP contribution in [-0.4, -0.2) is 30.5 Å². The number of nitrogens with one attached hydrogen (secondary N) is 1. The van der Waals surface area contributed by atoms with Crippen LogP contribution in [0.2, 0.25) is 5.02 Å². The van der Waals surface area contributed by atoms with Crippen molar-refractivity contribution in [1.29, 1.82) is 5.26 Å². The van der Waals surface area contributed by atoms with Gasteiger partial charge in [0.2, 0.25) is 17.5 Å². The standard InChI is InChI=1S/C21H21ClN4O/c1-14-8-10-15(11-9-14)20-25-18(12-23)21(27-20)24-13-19(26(2)3)16-6-4-5-7-17(16)22/h4-11,19,24H,13H2,1-3H3/t19-/m1/s1. The van der Waals surface area contributed by atoms with E-state index in [0.29, 0.717) is 23.3 Å². The molecule has 0 unspecified atom stereocenters. The van der Waals surface area contributed by atoms with Gasteiger partial charge in [0, 0.05) is 17.1 Å². The fraction of sp³-hybridized carbons (Fsp3) is 0.238. The van der Waals surface area contributed by atoms with Crippen LogP contribution in [0, 0.1) is 18.3 Å². The monoisotopic (exact) mass is 380 g/mol. The molecule has 27 heavy (non-hydrogen) atoms. The Morgan fingerprint density at radius 2 is 1.89 bits per heavy atom. The van der Waals surface area contributed by atoms with E-state index in [-0.39, 0.29) is 11.7 Å². The second kappa shape index (κ2) is 8.26. The van der Waals surface area contributed by atoms with Crippen LogP contribution in [0.1, 0.15) is 22.9 Å². The molecule has 0 saturated heterocycles. The highest BCUT2D eigenvalue weighted by molar-refractivity contribution is 6.31. The van der Waals surface area contributed by atoms with Gasteiger partial charge in [-0.25, -0.2) is 0 Å². The molecule has 0 spiro atoms. The Labute approximate surface area is 164 Å². The normalized spacial score (nSPS) is 12.0. The lowest BCUT2D eigenvalue weighted by molar-refractivity contribution is 0.310. The van der Waals surface area contributed by atoms with Gasteiger partial charge in [0.05, 0.1) is 6.04 Å². The molecule has 3 aromatic rings. The molecule has 0 aliphatic rings. The maximum atomic E-state index is 9.41. The van der Waals surface area contributed by atoms with Crippen LogP contribution in [0.4, 0.5) is 5.88 Å². The Bertz CT molecular complexity index is 957. The Morgan fingerprint density at radius 1 is 1.19 bits per heavy atom. The van der Waals surface area contributed by atoms with E-state index in [2.05, 4.69) is 21.3 Å². The molecule has 0 saturated carbocycles. The smallest absolute Gasteiger partial charge is 0.232 e. The minimum Gasteiger partial charge on any atom is -0.419 e. The molecule has 0 fully saturated rings. The van der Waals surface area contributed by atoms with Crippen LogP contribution in [0.3, 0.4) is 0 Å². The van der Waals surface area contributed by atoms with Crippen molar-refractivity contribution in [3.8, 4) is 17.5 Å². The number of aromatic nitrogens is 1. The molecule has 2 aromatic carbocycles. The number of anilines is 1. The quantitative estimate of drug-likeness (QED) is 0.659. The van der Waals surface area contributed by atoms with Crippen LogP contribution < -0.4 is 5.32 Å². The van der Waals surface area contributed by atoms with E-state index >= 15 is 0 Å². The zero-order valence-corrected chi connectivity index (χ0v) is 16.3. The van der Waals surface area contributed by atoms with Crippen molar-refractivity contribution in [3.63, 3.8) is 0 Å². The van der Waals surface area contributed by atoms with Gasteiger partial charge in [0.15, 0.2) is 0 Å². The SMILES string of the molecule is Cc1ccc(-c2nc(C#N)c(NC[C@H](c3ccccc3Cl)N(C)C)o2)cc1. The van der Waals surface area contributed by atoms with Gasteiger partial charge < -0.3 is 14.6 Å². The fourth-order valence-corrected chi connectivity index (χ4v) is 3.10. The Balaban J connectivity index is 1.83. The lowest BCUT2D eigenvalue weighted by Gasteiger charge is -2.25. The van der Waals surface area contributed by atoms with Gasteiger partial charge in [-0.05, 0) is 44.8 Å². The molecule has 5 nitrogen and oxygen atoms in total. The summed E-state index contributed by atoms with van der Waals surface area (Å²) in [4.78, 5) is 6.38. The van der Waals surface area contributed by atoms with Gasteiger partial charge in [-0.2, -0.15) is 10.2 Å². The number of rotatable bonds is 6. The predicted octanol–water partition coefficient (Wildman–Crippen LogP) is 4.89. The maximum absolute atomic E-state index is 9.41. The largest absolute Gasteiger partial charge is 0.419 e. The highest BCUT2D eigenvalue weighted by Gasteiger charge is 2.20. The summed E-state index contributed by atoms with van der Waals surface area (Å²) in [6.07, 6.45) is 0. The molecule has 6 heteroatoms. The summed E-state index contributed by atoms with van der Waals surface area (Å²) in [7, 11) is 3.97. The molecule has 138 valence electrons. The maximum Gasteiger partial charge on any atom is 0.232 e. The average Bonchev–Trinajstić information content (AvgIpc) is 3.07. The van der Waals surface area contributed by atoms with Gasteiger partial charge in [-0.3, -0.25) is 0 Å². The molecule has 1 aromatic heterocycles. The summed E-state index contributed by atoms with van der Waals surface area (Å²) in [6, 6.07) is 17.7. The van der Waals surface area contributed by atoms with Crippen molar-refractivity contribution >= 4 is 17.5 Å². The molecule has 0 bridgehead atoms.